The maximum Gasteiger partial charge on any atom is 0.336 e. The molecule has 0 amide bonds. The zero-order chi connectivity index (χ0) is 26.4. The van der Waals surface area contributed by atoms with Gasteiger partial charge in [0, 0.05) is 29.1 Å². The van der Waals surface area contributed by atoms with E-state index in [4.69, 9.17) is 18.9 Å². The summed E-state index contributed by atoms with van der Waals surface area (Å²) in [5.74, 6) is -2.86. The summed E-state index contributed by atoms with van der Waals surface area (Å²) < 4.78 is 22.1. The number of Topliss-reactive ketones (excluding diaryl/α,β-unsaturated/α-hetero) is 1. The zero-order valence-corrected chi connectivity index (χ0v) is 22.0. The van der Waals surface area contributed by atoms with E-state index in [1.807, 2.05) is 52.0 Å². The highest BCUT2D eigenvalue weighted by Crippen LogP contribution is 2.47. The Kier molecular flexibility index (Phi) is 9.31. The first kappa shape index (κ1) is 27.5. The Morgan fingerprint density at radius 1 is 1.14 bits per heavy atom. The summed E-state index contributed by atoms with van der Waals surface area (Å²) in [6.07, 6.45) is 1.22. The summed E-state index contributed by atoms with van der Waals surface area (Å²) in [4.78, 5) is 39.9. The fourth-order valence-corrected chi connectivity index (χ4v) is 4.86. The van der Waals surface area contributed by atoms with Crippen molar-refractivity contribution in [2.24, 2.45) is 11.8 Å². The van der Waals surface area contributed by atoms with Gasteiger partial charge in [-0.2, -0.15) is 0 Å². The fraction of sp³-hybridized carbons (Fsp3) is 0.536. The summed E-state index contributed by atoms with van der Waals surface area (Å²) >= 11 is 0. The molecule has 1 aromatic rings. The molecule has 3 atom stereocenters. The molecule has 0 aromatic heterocycles. The van der Waals surface area contributed by atoms with E-state index in [2.05, 4.69) is 5.32 Å². The molecular weight excluding hydrogens is 462 g/mol. The maximum absolute atomic E-state index is 13.9. The molecule has 1 heterocycles. The second-order valence-electron chi connectivity index (χ2n) is 9.49. The van der Waals surface area contributed by atoms with Gasteiger partial charge in [-0.25, -0.2) is 4.79 Å². The molecule has 8 heteroatoms. The van der Waals surface area contributed by atoms with Gasteiger partial charge in [0.25, 0.3) is 0 Å². The number of carbonyl (C=O) groups is 3. The van der Waals surface area contributed by atoms with Crippen LogP contribution in [0.1, 0.15) is 58.9 Å². The highest BCUT2D eigenvalue weighted by Gasteiger charge is 2.47. The van der Waals surface area contributed by atoms with Crippen LogP contribution in [-0.4, -0.2) is 50.8 Å². The average molecular weight is 500 g/mol. The second-order valence-corrected chi connectivity index (χ2v) is 9.49. The molecule has 0 unspecified atom stereocenters. The van der Waals surface area contributed by atoms with Crippen molar-refractivity contribution >= 4 is 17.7 Å². The van der Waals surface area contributed by atoms with Crippen LogP contribution >= 0.6 is 0 Å². The summed E-state index contributed by atoms with van der Waals surface area (Å²) in [5.41, 5.74) is 2.67. The van der Waals surface area contributed by atoms with Gasteiger partial charge in [0.2, 0.25) is 0 Å². The number of methoxy groups -OCH3 is 1. The van der Waals surface area contributed by atoms with Crippen LogP contribution in [0.15, 0.2) is 46.8 Å². The minimum Gasteiger partial charge on any atom is -0.491 e. The minimum atomic E-state index is -0.950. The number of hydrogen-bond acceptors (Lipinski definition) is 8. The van der Waals surface area contributed by atoms with Gasteiger partial charge < -0.3 is 24.3 Å². The average Bonchev–Trinajstić information content (AvgIpc) is 2.82. The third kappa shape index (κ3) is 5.81. The predicted octanol–water partition coefficient (Wildman–Crippen LogP) is 4.06. The van der Waals surface area contributed by atoms with Crippen molar-refractivity contribution in [3.63, 3.8) is 0 Å². The Labute approximate surface area is 213 Å². The Hall–Kier alpha value is -3.13. The van der Waals surface area contributed by atoms with E-state index in [0.717, 1.165) is 6.42 Å². The molecule has 2 aliphatic rings. The molecule has 1 aliphatic carbocycles. The monoisotopic (exact) mass is 499 g/mol. The summed E-state index contributed by atoms with van der Waals surface area (Å²) in [6.45, 7) is 10.4. The molecule has 1 aliphatic heterocycles. The number of allylic oxidation sites excluding steroid dienone is 3. The molecule has 36 heavy (non-hydrogen) atoms. The lowest BCUT2D eigenvalue weighted by Crippen LogP contribution is -2.43. The van der Waals surface area contributed by atoms with Crippen molar-refractivity contribution in [2.45, 2.75) is 59.5 Å². The van der Waals surface area contributed by atoms with Gasteiger partial charge in [0.1, 0.15) is 18.3 Å². The van der Waals surface area contributed by atoms with Crippen molar-refractivity contribution in [3.05, 3.63) is 52.4 Å². The van der Waals surface area contributed by atoms with E-state index in [0.29, 0.717) is 46.9 Å². The van der Waals surface area contributed by atoms with E-state index in [1.165, 1.54) is 7.11 Å². The second kappa shape index (κ2) is 12.2. The highest BCUT2D eigenvalue weighted by molar-refractivity contribution is 6.12. The zero-order valence-electron chi connectivity index (χ0n) is 22.0. The minimum absolute atomic E-state index is 0.0914. The number of para-hydroxylation sites is 1. The van der Waals surface area contributed by atoms with Crippen LogP contribution in [0.4, 0.5) is 0 Å². The van der Waals surface area contributed by atoms with E-state index in [9.17, 15) is 14.4 Å². The van der Waals surface area contributed by atoms with E-state index < -0.39 is 23.8 Å². The number of ether oxygens (including phenoxy) is 4. The fourth-order valence-electron chi connectivity index (χ4n) is 4.86. The number of carbonyl (C=O) groups excluding carboxylic acids is 3. The van der Waals surface area contributed by atoms with Crippen LogP contribution in [0.25, 0.3) is 0 Å². The molecule has 196 valence electrons. The van der Waals surface area contributed by atoms with Gasteiger partial charge in [0.15, 0.2) is 5.78 Å². The Morgan fingerprint density at radius 3 is 2.53 bits per heavy atom. The SMILES string of the molecule is CCCOCCOC(=O)C1=C(C)NC2=C(C(=O)[C@H](C(=O)OC)[C@H](C)C2)[C@@H]1c1ccccc1OC(C)C. The molecule has 1 N–H and O–H groups in total. The largest absolute Gasteiger partial charge is 0.491 e. The van der Waals surface area contributed by atoms with E-state index in [-0.39, 0.29) is 31.0 Å². The van der Waals surface area contributed by atoms with Gasteiger partial charge in [-0.05, 0) is 45.6 Å². The molecule has 0 fully saturated rings. The lowest BCUT2D eigenvalue weighted by molar-refractivity contribution is -0.151. The van der Waals surface area contributed by atoms with Gasteiger partial charge in [-0.15, -0.1) is 0 Å². The third-order valence-electron chi connectivity index (χ3n) is 6.36. The normalized spacial score (nSPS) is 21.8. The van der Waals surface area contributed by atoms with Crippen LogP contribution in [0.2, 0.25) is 0 Å². The van der Waals surface area contributed by atoms with Gasteiger partial charge >= 0.3 is 11.9 Å². The number of esters is 2. The van der Waals surface area contributed by atoms with Crippen molar-refractivity contribution in [3.8, 4) is 5.75 Å². The highest BCUT2D eigenvalue weighted by atomic mass is 16.6. The summed E-state index contributed by atoms with van der Waals surface area (Å²) in [5, 5.41) is 3.27. The Bertz CT molecular complexity index is 1060. The quantitative estimate of drug-likeness (QED) is 0.292. The number of benzene rings is 1. The molecule has 0 spiro atoms. The summed E-state index contributed by atoms with van der Waals surface area (Å²) in [7, 11) is 1.28. The van der Waals surface area contributed by atoms with Crippen LogP contribution in [-0.2, 0) is 28.6 Å². The number of rotatable bonds is 10. The van der Waals surface area contributed by atoms with Gasteiger partial charge in [-0.1, -0.05) is 32.0 Å². The lowest BCUT2D eigenvalue weighted by Gasteiger charge is -2.38. The van der Waals surface area contributed by atoms with Crippen LogP contribution in [0.5, 0.6) is 5.75 Å². The van der Waals surface area contributed by atoms with Crippen LogP contribution < -0.4 is 10.1 Å². The topological polar surface area (TPSA) is 100 Å². The Balaban J connectivity index is 2.10. The number of nitrogens with one attached hydrogen (secondary N) is 1. The molecule has 0 saturated heterocycles. The van der Waals surface area contributed by atoms with Gasteiger partial charge in [-0.3, -0.25) is 9.59 Å². The van der Waals surface area contributed by atoms with Crippen molar-refractivity contribution < 1.29 is 33.3 Å². The van der Waals surface area contributed by atoms with E-state index in [1.54, 1.807) is 6.92 Å². The van der Waals surface area contributed by atoms with Crippen LogP contribution in [0.3, 0.4) is 0 Å². The molecule has 3 rings (SSSR count). The smallest absolute Gasteiger partial charge is 0.336 e. The van der Waals surface area contributed by atoms with Gasteiger partial charge in [0.05, 0.1) is 31.3 Å². The molecule has 0 saturated carbocycles. The number of hydrogen-bond donors (Lipinski definition) is 1. The van der Waals surface area contributed by atoms with Crippen molar-refractivity contribution in [1.82, 2.24) is 5.32 Å². The van der Waals surface area contributed by atoms with Crippen molar-refractivity contribution in [1.29, 1.82) is 0 Å². The maximum atomic E-state index is 13.9. The first-order valence-electron chi connectivity index (χ1n) is 12.5. The first-order chi connectivity index (χ1) is 17.2. The first-order valence-corrected chi connectivity index (χ1v) is 12.5. The Morgan fingerprint density at radius 2 is 1.86 bits per heavy atom. The predicted molar refractivity (Wildman–Crippen MR) is 134 cm³/mol. The standard InChI is InChI=1S/C28H37NO7/c1-7-12-34-13-14-35-28(32)23-18(5)29-20-15-17(4)22(27(31)33-6)26(30)25(20)24(23)19-10-8-9-11-21(19)36-16(2)3/h8-11,16-17,22,24,29H,7,12-15H2,1-6H3/t17-,22-,24-/m1/s1. The molecule has 1 aromatic carbocycles. The van der Waals surface area contributed by atoms with Crippen molar-refractivity contribution in [2.75, 3.05) is 26.9 Å². The van der Waals surface area contributed by atoms with Crippen LogP contribution in [0, 0.1) is 11.8 Å². The third-order valence-corrected chi connectivity index (χ3v) is 6.36. The molecule has 0 bridgehead atoms. The molecule has 0 radical (unpaired) electrons. The molecule has 8 nitrogen and oxygen atoms in total. The van der Waals surface area contributed by atoms with E-state index >= 15 is 0 Å². The number of ketones is 1. The molecular formula is C28H37NO7. The summed E-state index contributed by atoms with van der Waals surface area (Å²) in [6, 6.07) is 7.36. The number of dihydropyridines is 1. The lowest BCUT2D eigenvalue weighted by atomic mass is 9.69.